The highest BCUT2D eigenvalue weighted by Gasteiger charge is 2.33. The zero-order valence-electron chi connectivity index (χ0n) is 11.8. The Kier molecular flexibility index (Phi) is 5.38. The van der Waals surface area contributed by atoms with Crippen LogP contribution in [0.15, 0.2) is 24.3 Å². The molecule has 0 aliphatic carbocycles. The van der Waals surface area contributed by atoms with Gasteiger partial charge in [0.2, 0.25) is 11.0 Å². The predicted molar refractivity (Wildman–Crippen MR) is 83.4 cm³/mol. The normalized spacial score (nSPS) is 11.9. The van der Waals surface area contributed by atoms with E-state index in [4.69, 9.17) is 11.6 Å². The fourth-order valence-corrected chi connectivity index (χ4v) is 2.54. The molecule has 0 spiro atoms. The van der Waals surface area contributed by atoms with E-state index in [2.05, 4.69) is 15.5 Å². The first-order valence-corrected chi connectivity index (χ1v) is 7.67. The number of hydrogen-bond acceptors (Lipinski definition) is 4. The fourth-order valence-electron chi connectivity index (χ4n) is 1.63. The molecule has 2 rings (SSSR count). The molecule has 0 saturated heterocycles. The summed E-state index contributed by atoms with van der Waals surface area (Å²) in [5.74, 6) is -0.507. The van der Waals surface area contributed by atoms with Gasteiger partial charge in [0, 0.05) is 6.08 Å². The summed E-state index contributed by atoms with van der Waals surface area (Å²) in [6.07, 6.45) is -1.46. The number of carbonyl (C=O) groups excluding carboxylic acids is 1. The molecule has 0 aliphatic heterocycles. The van der Waals surface area contributed by atoms with Crippen LogP contribution in [0.2, 0.25) is 5.02 Å². The standard InChI is InChI=1S/C14H11ClF3N3OS/c1-2-12-20-21-13(23-12)19-11(22)6-4-8-3-5-10(15)9(7-8)14(16,17)18/h3-7H,2H2,1H3,(H,19,21,22)/b6-4-. The first-order chi connectivity index (χ1) is 10.8. The Morgan fingerprint density at radius 3 is 2.74 bits per heavy atom. The number of nitrogens with one attached hydrogen (secondary N) is 1. The van der Waals surface area contributed by atoms with Crippen LogP contribution in [-0.4, -0.2) is 16.1 Å². The maximum absolute atomic E-state index is 12.7. The molecule has 1 N–H and O–H groups in total. The van der Waals surface area contributed by atoms with Crippen molar-refractivity contribution in [2.24, 2.45) is 0 Å². The van der Waals surface area contributed by atoms with Crippen LogP contribution >= 0.6 is 22.9 Å². The second kappa shape index (κ2) is 7.10. The molecule has 23 heavy (non-hydrogen) atoms. The van der Waals surface area contributed by atoms with Crippen molar-refractivity contribution in [2.45, 2.75) is 19.5 Å². The molecule has 4 nitrogen and oxygen atoms in total. The van der Waals surface area contributed by atoms with Gasteiger partial charge >= 0.3 is 6.18 Å². The first kappa shape index (κ1) is 17.4. The lowest BCUT2D eigenvalue weighted by atomic mass is 10.1. The Bertz CT molecular complexity index is 743. The third-order valence-electron chi connectivity index (χ3n) is 2.72. The molecule has 9 heteroatoms. The molecule has 1 aromatic carbocycles. The lowest BCUT2D eigenvalue weighted by Crippen LogP contribution is -2.08. The number of anilines is 1. The maximum atomic E-state index is 12.7. The van der Waals surface area contributed by atoms with Crippen LogP contribution in [0, 0.1) is 0 Å². The number of halogens is 4. The van der Waals surface area contributed by atoms with Crippen molar-refractivity contribution in [3.05, 3.63) is 45.4 Å². The highest BCUT2D eigenvalue weighted by atomic mass is 35.5. The van der Waals surface area contributed by atoms with E-state index < -0.39 is 17.6 Å². The van der Waals surface area contributed by atoms with Gasteiger partial charge in [-0.15, -0.1) is 10.2 Å². The molecular formula is C14H11ClF3N3OS. The van der Waals surface area contributed by atoms with Crippen molar-refractivity contribution >= 4 is 40.1 Å². The highest BCUT2D eigenvalue weighted by molar-refractivity contribution is 7.15. The fraction of sp³-hybridized carbons (Fsp3) is 0.214. The summed E-state index contributed by atoms with van der Waals surface area (Å²) >= 11 is 6.77. The van der Waals surface area contributed by atoms with E-state index in [1.807, 2.05) is 6.92 Å². The minimum Gasteiger partial charge on any atom is -0.297 e. The number of amides is 1. The molecule has 0 radical (unpaired) electrons. The van der Waals surface area contributed by atoms with Gasteiger partial charge in [-0.3, -0.25) is 10.1 Å². The maximum Gasteiger partial charge on any atom is 0.417 e. The molecule has 1 amide bonds. The number of aromatic nitrogens is 2. The molecule has 0 saturated carbocycles. The predicted octanol–water partition coefficient (Wildman–Crippen LogP) is 4.42. The second-order valence-electron chi connectivity index (χ2n) is 4.41. The van der Waals surface area contributed by atoms with Crippen LogP contribution < -0.4 is 5.32 Å². The largest absolute Gasteiger partial charge is 0.417 e. The van der Waals surface area contributed by atoms with Gasteiger partial charge < -0.3 is 0 Å². The average molecular weight is 362 g/mol. The number of carbonyl (C=O) groups is 1. The summed E-state index contributed by atoms with van der Waals surface area (Å²) < 4.78 is 38.2. The van der Waals surface area contributed by atoms with Crippen LogP contribution in [-0.2, 0) is 17.4 Å². The summed E-state index contributed by atoms with van der Waals surface area (Å²) in [4.78, 5) is 11.7. The van der Waals surface area contributed by atoms with E-state index in [1.54, 1.807) is 0 Å². The van der Waals surface area contributed by atoms with Gasteiger partial charge in [-0.2, -0.15) is 13.2 Å². The zero-order valence-corrected chi connectivity index (χ0v) is 13.4. The van der Waals surface area contributed by atoms with Crippen LogP contribution in [0.1, 0.15) is 23.1 Å². The Balaban J connectivity index is 2.09. The molecule has 0 fully saturated rings. The molecule has 1 heterocycles. The molecule has 2 aromatic rings. The van der Waals surface area contributed by atoms with Gasteiger partial charge in [0.15, 0.2) is 0 Å². The number of hydrogen-bond donors (Lipinski definition) is 1. The van der Waals surface area contributed by atoms with Crippen molar-refractivity contribution in [1.29, 1.82) is 0 Å². The number of benzene rings is 1. The topological polar surface area (TPSA) is 54.9 Å². The molecule has 0 unspecified atom stereocenters. The summed E-state index contributed by atoms with van der Waals surface area (Å²) in [5, 5.41) is 10.8. The average Bonchev–Trinajstić information content (AvgIpc) is 2.92. The third kappa shape index (κ3) is 4.77. The summed E-state index contributed by atoms with van der Waals surface area (Å²) in [6, 6.07) is 3.41. The first-order valence-electron chi connectivity index (χ1n) is 6.47. The Morgan fingerprint density at radius 2 is 2.13 bits per heavy atom. The van der Waals surface area contributed by atoms with Crippen molar-refractivity contribution in [3.63, 3.8) is 0 Å². The van der Waals surface area contributed by atoms with E-state index >= 15 is 0 Å². The van der Waals surface area contributed by atoms with E-state index in [9.17, 15) is 18.0 Å². The molecule has 1 aromatic heterocycles. The molecular weight excluding hydrogens is 351 g/mol. The second-order valence-corrected chi connectivity index (χ2v) is 5.88. The minimum atomic E-state index is -4.55. The van der Waals surface area contributed by atoms with Gasteiger partial charge in [-0.05, 0) is 30.2 Å². The van der Waals surface area contributed by atoms with Crippen LogP contribution in [0.5, 0.6) is 0 Å². The molecule has 0 aliphatic rings. The lowest BCUT2D eigenvalue weighted by Gasteiger charge is -2.09. The summed E-state index contributed by atoms with van der Waals surface area (Å²) in [5.41, 5.74) is -0.734. The number of aryl methyl sites for hydroxylation is 1. The third-order valence-corrected chi connectivity index (χ3v) is 4.04. The Labute approximate surface area is 139 Å². The van der Waals surface area contributed by atoms with E-state index in [-0.39, 0.29) is 10.6 Å². The van der Waals surface area contributed by atoms with Gasteiger partial charge in [0.25, 0.3) is 0 Å². The van der Waals surface area contributed by atoms with E-state index in [0.29, 0.717) is 11.6 Å². The zero-order chi connectivity index (χ0) is 17.0. The van der Waals surface area contributed by atoms with Crippen molar-refractivity contribution in [1.82, 2.24) is 10.2 Å². The molecule has 0 bridgehead atoms. The van der Waals surface area contributed by atoms with Crippen LogP contribution in [0.3, 0.4) is 0 Å². The number of rotatable bonds is 4. The number of alkyl halides is 3. The van der Waals surface area contributed by atoms with Gasteiger partial charge in [0.05, 0.1) is 10.6 Å². The summed E-state index contributed by atoms with van der Waals surface area (Å²) in [7, 11) is 0. The van der Waals surface area contributed by atoms with Gasteiger partial charge in [0.1, 0.15) is 5.01 Å². The minimum absolute atomic E-state index is 0.211. The van der Waals surface area contributed by atoms with Crippen molar-refractivity contribution in [3.8, 4) is 0 Å². The Hall–Kier alpha value is -1.93. The monoisotopic (exact) mass is 361 g/mol. The number of nitrogens with zero attached hydrogens (tertiary/aromatic N) is 2. The molecule has 0 atom stereocenters. The molecule has 122 valence electrons. The quantitative estimate of drug-likeness (QED) is 0.820. The van der Waals surface area contributed by atoms with Crippen LogP contribution in [0.25, 0.3) is 6.08 Å². The Morgan fingerprint density at radius 1 is 1.39 bits per heavy atom. The van der Waals surface area contributed by atoms with E-state index in [1.165, 1.54) is 23.5 Å². The van der Waals surface area contributed by atoms with Gasteiger partial charge in [-0.25, -0.2) is 0 Å². The highest BCUT2D eigenvalue weighted by Crippen LogP contribution is 2.35. The van der Waals surface area contributed by atoms with Crippen LogP contribution in [0.4, 0.5) is 18.3 Å². The smallest absolute Gasteiger partial charge is 0.297 e. The van der Waals surface area contributed by atoms with Crippen molar-refractivity contribution < 1.29 is 18.0 Å². The summed E-state index contributed by atoms with van der Waals surface area (Å²) in [6.45, 7) is 1.91. The van der Waals surface area contributed by atoms with Crippen molar-refractivity contribution in [2.75, 3.05) is 5.32 Å². The lowest BCUT2D eigenvalue weighted by molar-refractivity contribution is -0.137. The van der Waals surface area contributed by atoms with Gasteiger partial charge in [-0.1, -0.05) is 35.9 Å². The van der Waals surface area contributed by atoms with E-state index in [0.717, 1.165) is 23.2 Å². The SMILES string of the molecule is CCc1nnc(NC(=O)/C=C\c2ccc(Cl)c(C(F)(F)F)c2)s1.